The molecule has 2 atom stereocenters. The van der Waals surface area contributed by atoms with Crippen molar-refractivity contribution >= 4 is 17.5 Å². The molecule has 104 valence electrons. The zero-order valence-electron chi connectivity index (χ0n) is 10.9. The quantitative estimate of drug-likeness (QED) is 0.804. The van der Waals surface area contributed by atoms with Gasteiger partial charge in [0.25, 0.3) is 0 Å². The molecule has 0 amide bonds. The summed E-state index contributed by atoms with van der Waals surface area (Å²) in [5.41, 5.74) is 5.79. The fraction of sp³-hybridized carbons (Fsp3) is 0.500. The number of hydrogen-bond acceptors (Lipinski definition) is 6. The molecule has 2 rings (SSSR count). The normalized spacial score (nSPS) is 22.7. The third-order valence-electron chi connectivity index (χ3n) is 3.30. The Morgan fingerprint density at radius 3 is 2.47 bits per heavy atom. The maximum atomic E-state index is 11.1. The van der Waals surface area contributed by atoms with E-state index in [1.165, 1.54) is 12.3 Å². The van der Waals surface area contributed by atoms with Crippen LogP contribution in [-0.4, -0.2) is 55.6 Å². The molecule has 1 fully saturated rings. The molecule has 1 aliphatic heterocycles. The van der Waals surface area contributed by atoms with E-state index in [4.69, 9.17) is 20.3 Å². The van der Waals surface area contributed by atoms with E-state index in [0.717, 1.165) is 0 Å². The zero-order chi connectivity index (χ0) is 14.0. The molecule has 7 heteroatoms. The predicted octanol–water partition coefficient (Wildman–Crippen LogP) is 0.212. The number of carboxylic acid groups (broad SMARTS) is 1. The van der Waals surface area contributed by atoms with E-state index in [1.807, 2.05) is 4.90 Å². The summed E-state index contributed by atoms with van der Waals surface area (Å²) in [5, 5.41) is 9.05. The summed E-state index contributed by atoms with van der Waals surface area (Å²) in [6.07, 6.45) is 1.25. The first-order chi connectivity index (χ1) is 9.06. The second-order valence-corrected chi connectivity index (χ2v) is 4.39. The van der Waals surface area contributed by atoms with Crippen LogP contribution in [0.2, 0.25) is 0 Å². The van der Waals surface area contributed by atoms with Crippen molar-refractivity contribution in [2.24, 2.45) is 0 Å². The SMILES string of the molecule is COC1CN(c2cc(C(=O)O)c(N)cn2)CC1OC. The number of hydrogen-bond donors (Lipinski definition) is 2. The molecule has 0 aromatic carbocycles. The van der Waals surface area contributed by atoms with Crippen LogP contribution in [0.15, 0.2) is 12.3 Å². The topological polar surface area (TPSA) is 97.9 Å². The van der Waals surface area contributed by atoms with Crippen molar-refractivity contribution in [2.45, 2.75) is 12.2 Å². The van der Waals surface area contributed by atoms with Gasteiger partial charge in [0.1, 0.15) is 18.0 Å². The summed E-state index contributed by atoms with van der Waals surface area (Å²) in [6, 6.07) is 1.47. The van der Waals surface area contributed by atoms with E-state index < -0.39 is 5.97 Å². The minimum Gasteiger partial charge on any atom is -0.478 e. The Morgan fingerprint density at radius 2 is 2.00 bits per heavy atom. The Hall–Kier alpha value is -1.86. The van der Waals surface area contributed by atoms with Crippen molar-refractivity contribution in [2.75, 3.05) is 37.9 Å². The van der Waals surface area contributed by atoms with E-state index in [-0.39, 0.29) is 23.5 Å². The molecular weight excluding hydrogens is 250 g/mol. The Bertz CT molecular complexity index is 468. The van der Waals surface area contributed by atoms with Gasteiger partial charge in [0.05, 0.1) is 17.4 Å². The van der Waals surface area contributed by atoms with Gasteiger partial charge in [0.2, 0.25) is 0 Å². The van der Waals surface area contributed by atoms with Crippen molar-refractivity contribution in [3.8, 4) is 0 Å². The smallest absolute Gasteiger partial charge is 0.337 e. The number of rotatable bonds is 4. The first kappa shape index (κ1) is 13.6. The average molecular weight is 267 g/mol. The number of carbonyl (C=O) groups is 1. The molecular formula is C12H17N3O4. The van der Waals surface area contributed by atoms with Gasteiger partial charge in [0, 0.05) is 27.3 Å². The van der Waals surface area contributed by atoms with Crippen LogP contribution in [0.3, 0.4) is 0 Å². The fourth-order valence-corrected chi connectivity index (χ4v) is 2.20. The number of nitrogen functional groups attached to an aromatic ring is 1. The van der Waals surface area contributed by atoms with Crippen LogP contribution in [0.1, 0.15) is 10.4 Å². The fourth-order valence-electron chi connectivity index (χ4n) is 2.20. The molecule has 1 saturated heterocycles. The Labute approximate surface area is 110 Å². The van der Waals surface area contributed by atoms with Gasteiger partial charge >= 0.3 is 5.97 Å². The number of aromatic nitrogens is 1. The molecule has 1 aromatic heterocycles. The number of aromatic carboxylic acids is 1. The largest absolute Gasteiger partial charge is 0.478 e. The first-order valence-electron chi connectivity index (χ1n) is 5.86. The summed E-state index contributed by atoms with van der Waals surface area (Å²) in [4.78, 5) is 17.1. The van der Waals surface area contributed by atoms with E-state index in [0.29, 0.717) is 18.9 Å². The number of methoxy groups -OCH3 is 2. The Morgan fingerprint density at radius 1 is 1.42 bits per heavy atom. The first-order valence-corrected chi connectivity index (χ1v) is 5.86. The lowest BCUT2D eigenvalue weighted by Gasteiger charge is -2.17. The molecule has 0 bridgehead atoms. The lowest BCUT2D eigenvalue weighted by molar-refractivity contribution is -0.00461. The van der Waals surface area contributed by atoms with E-state index in [1.54, 1.807) is 14.2 Å². The molecule has 3 N–H and O–H groups in total. The van der Waals surface area contributed by atoms with Crippen LogP contribution in [0, 0.1) is 0 Å². The summed E-state index contributed by atoms with van der Waals surface area (Å²) in [7, 11) is 3.25. The molecule has 0 spiro atoms. The second-order valence-electron chi connectivity index (χ2n) is 4.39. The molecule has 2 unspecified atom stereocenters. The van der Waals surface area contributed by atoms with Crippen molar-refractivity contribution < 1.29 is 19.4 Å². The van der Waals surface area contributed by atoms with E-state index in [9.17, 15) is 4.79 Å². The Balaban J connectivity index is 2.24. The highest BCUT2D eigenvalue weighted by molar-refractivity contribution is 5.94. The lowest BCUT2D eigenvalue weighted by atomic mass is 10.2. The van der Waals surface area contributed by atoms with Gasteiger partial charge in [-0.3, -0.25) is 0 Å². The van der Waals surface area contributed by atoms with Gasteiger partial charge in [-0.15, -0.1) is 0 Å². The van der Waals surface area contributed by atoms with Gasteiger partial charge in [-0.25, -0.2) is 9.78 Å². The number of carboxylic acids is 1. The van der Waals surface area contributed by atoms with Gasteiger partial charge in [0.15, 0.2) is 0 Å². The number of anilines is 2. The van der Waals surface area contributed by atoms with Crippen LogP contribution in [-0.2, 0) is 9.47 Å². The van der Waals surface area contributed by atoms with Crippen molar-refractivity contribution in [1.29, 1.82) is 0 Å². The highest BCUT2D eigenvalue weighted by atomic mass is 16.5. The van der Waals surface area contributed by atoms with E-state index >= 15 is 0 Å². The predicted molar refractivity (Wildman–Crippen MR) is 69.4 cm³/mol. The lowest BCUT2D eigenvalue weighted by Crippen LogP contribution is -2.27. The van der Waals surface area contributed by atoms with Crippen LogP contribution in [0.25, 0.3) is 0 Å². The number of nitrogens with zero attached hydrogens (tertiary/aromatic N) is 2. The number of pyridine rings is 1. The molecule has 7 nitrogen and oxygen atoms in total. The molecule has 1 aliphatic rings. The second kappa shape index (κ2) is 5.41. The summed E-state index contributed by atoms with van der Waals surface area (Å²) < 4.78 is 10.7. The molecule has 0 radical (unpaired) electrons. The minimum atomic E-state index is -1.06. The minimum absolute atomic E-state index is 0.0554. The van der Waals surface area contributed by atoms with E-state index in [2.05, 4.69) is 4.98 Å². The highest BCUT2D eigenvalue weighted by Crippen LogP contribution is 2.24. The Kier molecular flexibility index (Phi) is 3.87. The van der Waals surface area contributed by atoms with Crippen LogP contribution < -0.4 is 10.6 Å². The molecule has 19 heavy (non-hydrogen) atoms. The maximum absolute atomic E-state index is 11.1. The summed E-state index contributed by atoms with van der Waals surface area (Å²) >= 11 is 0. The highest BCUT2D eigenvalue weighted by Gasteiger charge is 2.33. The standard InChI is InChI=1S/C12H17N3O4/c1-18-9-5-15(6-10(9)19-2)11-3-7(12(16)17)8(13)4-14-11/h3-4,9-10H,5-6,13H2,1-2H3,(H,16,17). The van der Waals surface area contributed by atoms with Crippen LogP contribution >= 0.6 is 0 Å². The van der Waals surface area contributed by atoms with Crippen molar-refractivity contribution in [1.82, 2.24) is 4.98 Å². The van der Waals surface area contributed by atoms with Crippen molar-refractivity contribution in [3.63, 3.8) is 0 Å². The van der Waals surface area contributed by atoms with Gasteiger partial charge in [-0.1, -0.05) is 0 Å². The molecule has 1 aromatic rings. The maximum Gasteiger partial charge on any atom is 0.337 e. The molecule has 2 heterocycles. The van der Waals surface area contributed by atoms with Gasteiger partial charge in [-0.2, -0.15) is 0 Å². The molecule has 0 aliphatic carbocycles. The summed E-state index contributed by atoms with van der Waals surface area (Å²) in [6.45, 7) is 1.20. The number of nitrogens with two attached hydrogens (primary N) is 1. The number of ether oxygens (including phenoxy) is 2. The van der Waals surface area contributed by atoms with Gasteiger partial charge < -0.3 is 25.2 Å². The van der Waals surface area contributed by atoms with Crippen LogP contribution in [0.5, 0.6) is 0 Å². The van der Waals surface area contributed by atoms with Crippen molar-refractivity contribution in [3.05, 3.63) is 17.8 Å². The average Bonchev–Trinajstić information content (AvgIpc) is 2.82. The third-order valence-corrected chi connectivity index (χ3v) is 3.30. The molecule has 0 saturated carbocycles. The summed E-state index contributed by atoms with van der Waals surface area (Å²) in [5.74, 6) is -0.500. The monoisotopic (exact) mass is 267 g/mol. The third kappa shape index (κ3) is 2.61. The zero-order valence-corrected chi connectivity index (χ0v) is 10.9. The van der Waals surface area contributed by atoms with Crippen LogP contribution in [0.4, 0.5) is 11.5 Å². The van der Waals surface area contributed by atoms with Gasteiger partial charge in [-0.05, 0) is 6.07 Å².